The molecule has 2 nitrogen and oxygen atoms in total. The molecule has 0 bridgehead atoms. The molecule has 0 aliphatic heterocycles. The molecule has 0 aliphatic carbocycles. The number of anilines is 2. The Labute approximate surface area is 111 Å². The summed E-state index contributed by atoms with van der Waals surface area (Å²) < 4.78 is 26.6. The standard InChI is InChI=1S/C13H7BrF2N2/c14-12-6-10(1-2-13(12)16)18-11-4-8(7-17)3-9(15)5-11/h1-6,18H. The summed E-state index contributed by atoms with van der Waals surface area (Å²) in [5.74, 6) is -0.879. The fourth-order valence-electron chi connectivity index (χ4n) is 1.47. The molecule has 2 rings (SSSR count). The van der Waals surface area contributed by atoms with Gasteiger partial charge in [0.05, 0.1) is 16.1 Å². The van der Waals surface area contributed by atoms with Crippen LogP contribution in [0.25, 0.3) is 0 Å². The number of hydrogen-bond acceptors (Lipinski definition) is 2. The molecule has 5 heteroatoms. The van der Waals surface area contributed by atoms with Crippen LogP contribution in [0.2, 0.25) is 0 Å². The van der Waals surface area contributed by atoms with Crippen molar-refractivity contribution in [3.63, 3.8) is 0 Å². The third-order valence-corrected chi connectivity index (χ3v) is 2.84. The van der Waals surface area contributed by atoms with Gasteiger partial charge in [0, 0.05) is 11.4 Å². The maximum absolute atomic E-state index is 13.2. The lowest BCUT2D eigenvalue weighted by atomic mass is 10.2. The Morgan fingerprint density at radius 1 is 1.06 bits per heavy atom. The van der Waals surface area contributed by atoms with Crippen molar-refractivity contribution in [3.8, 4) is 6.07 Å². The normalized spacial score (nSPS) is 9.89. The Balaban J connectivity index is 2.31. The van der Waals surface area contributed by atoms with Crippen LogP contribution in [0, 0.1) is 23.0 Å². The highest BCUT2D eigenvalue weighted by Crippen LogP contribution is 2.24. The van der Waals surface area contributed by atoms with E-state index in [1.807, 2.05) is 6.07 Å². The first-order valence-corrected chi connectivity index (χ1v) is 5.80. The zero-order valence-corrected chi connectivity index (χ0v) is 10.6. The van der Waals surface area contributed by atoms with E-state index in [-0.39, 0.29) is 11.4 Å². The summed E-state index contributed by atoms with van der Waals surface area (Å²) >= 11 is 3.06. The lowest BCUT2D eigenvalue weighted by Crippen LogP contribution is -1.93. The number of hydrogen-bond donors (Lipinski definition) is 1. The van der Waals surface area contributed by atoms with E-state index in [1.165, 1.54) is 30.3 Å². The van der Waals surface area contributed by atoms with Gasteiger partial charge in [-0.2, -0.15) is 5.26 Å². The topological polar surface area (TPSA) is 35.8 Å². The van der Waals surface area contributed by atoms with Crippen LogP contribution in [0.15, 0.2) is 40.9 Å². The van der Waals surface area contributed by atoms with Gasteiger partial charge in [-0.25, -0.2) is 8.78 Å². The fourth-order valence-corrected chi connectivity index (χ4v) is 1.85. The van der Waals surface area contributed by atoms with Crippen LogP contribution >= 0.6 is 15.9 Å². The van der Waals surface area contributed by atoms with Crippen molar-refractivity contribution in [2.45, 2.75) is 0 Å². The van der Waals surface area contributed by atoms with Gasteiger partial charge < -0.3 is 5.32 Å². The zero-order chi connectivity index (χ0) is 13.1. The third-order valence-electron chi connectivity index (χ3n) is 2.24. The third kappa shape index (κ3) is 2.84. The van der Waals surface area contributed by atoms with Crippen molar-refractivity contribution in [3.05, 3.63) is 58.1 Å². The van der Waals surface area contributed by atoms with E-state index in [4.69, 9.17) is 5.26 Å². The number of benzene rings is 2. The van der Waals surface area contributed by atoms with Gasteiger partial charge in [-0.3, -0.25) is 0 Å². The quantitative estimate of drug-likeness (QED) is 0.895. The predicted molar refractivity (Wildman–Crippen MR) is 68.5 cm³/mol. The van der Waals surface area contributed by atoms with Crippen LogP contribution in [-0.2, 0) is 0 Å². The Morgan fingerprint density at radius 2 is 1.83 bits per heavy atom. The van der Waals surface area contributed by atoms with Crippen LogP contribution in [-0.4, -0.2) is 0 Å². The maximum Gasteiger partial charge on any atom is 0.137 e. The average Bonchev–Trinajstić information content (AvgIpc) is 2.33. The summed E-state index contributed by atoms with van der Waals surface area (Å²) in [6, 6.07) is 10.1. The molecular formula is C13H7BrF2N2. The number of nitrogens with one attached hydrogen (secondary N) is 1. The highest BCUT2D eigenvalue weighted by atomic mass is 79.9. The monoisotopic (exact) mass is 308 g/mol. The molecule has 0 aliphatic rings. The van der Waals surface area contributed by atoms with E-state index in [9.17, 15) is 8.78 Å². The summed E-state index contributed by atoms with van der Waals surface area (Å²) in [7, 11) is 0. The highest BCUT2D eigenvalue weighted by Gasteiger charge is 2.03. The van der Waals surface area contributed by atoms with E-state index in [1.54, 1.807) is 0 Å². The van der Waals surface area contributed by atoms with Gasteiger partial charge >= 0.3 is 0 Å². The molecule has 0 fully saturated rings. The molecule has 0 amide bonds. The molecular weight excluding hydrogens is 302 g/mol. The van der Waals surface area contributed by atoms with Gasteiger partial charge in [0.1, 0.15) is 11.6 Å². The van der Waals surface area contributed by atoms with Crippen molar-refractivity contribution < 1.29 is 8.78 Å². The molecule has 0 saturated carbocycles. The van der Waals surface area contributed by atoms with Crippen LogP contribution in [0.4, 0.5) is 20.2 Å². The zero-order valence-electron chi connectivity index (χ0n) is 9.05. The Kier molecular flexibility index (Phi) is 3.58. The van der Waals surface area contributed by atoms with Gasteiger partial charge in [-0.05, 0) is 52.3 Å². The van der Waals surface area contributed by atoms with Crippen molar-refractivity contribution in [1.82, 2.24) is 0 Å². The number of rotatable bonds is 2. The molecule has 2 aromatic carbocycles. The predicted octanol–water partition coefficient (Wildman–Crippen LogP) is 4.34. The summed E-state index contributed by atoms with van der Waals surface area (Å²) in [5, 5.41) is 11.6. The Hall–Kier alpha value is -1.93. The molecule has 0 aromatic heterocycles. The first kappa shape index (κ1) is 12.5. The molecule has 0 unspecified atom stereocenters. The Morgan fingerprint density at radius 3 is 2.50 bits per heavy atom. The second-order valence-electron chi connectivity index (χ2n) is 3.59. The van der Waals surface area contributed by atoms with Crippen molar-refractivity contribution >= 4 is 27.3 Å². The van der Waals surface area contributed by atoms with E-state index < -0.39 is 5.82 Å². The van der Waals surface area contributed by atoms with Crippen molar-refractivity contribution in [1.29, 1.82) is 5.26 Å². The van der Waals surface area contributed by atoms with E-state index in [2.05, 4.69) is 21.2 Å². The molecule has 0 radical (unpaired) electrons. The second-order valence-corrected chi connectivity index (χ2v) is 4.45. The minimum atomic E-state index is -0.502. The average molecular weight is 309 g/mol. The highest BCUT2D eigenvalue weighted by molar-refractivity contribution is 9.10. The van der Waals surface area contributed by atoms with Crippen LogP contribution in [0.3, 0.4) is 0 Å². The van der Waals surface area contributed by atoms with E-state index in [0.29, 0.717) is 15.8 Å². The second kappa shape index (κ2) is 5.15. The molecule has 0 spiro atoms. The summed E-state index contributed by atoms with van der Waals surface area (Å²) in [4.78, 5) is 0. The van der Waals surface area contributed by atoms with Crippen molar-refractivity contribution in [2.75, 3.05) is 5.32 Å². The number of nitriles is 1. The summed E-state index contributed by atoms with van der Waals surface area (Å²) in [6.07, 6.45) is 0. The molecule has 0 saturated heterocycles. The minimum Gasteiger partial charge on any atom is -0.355 e. The summed E-state index contributed by atoms with van der Waals surface area (Å²) in [6.45, 7) is 0. The molecule has 0 atom stereocenters. The van der Waals surface area contributed by atoms with Gasteiger partial charge in [-0.1, -0.05) is 0 Å². The number of halogens is 3. The summed E-state index contributed by atoms with van der Waals surface area (Å²) in [5.41, 5.74) is 1.25. The SMILES string of the molecule is N#Cc1cc(F)cc(Nc2ccc(F)c(Br)c2)c1. The smallest absolute Gasteiger partial charge is 0.137 e. The molecule has 2 aromatic rings. The largest absolute Gasteiger partial charge is 0.355 e. The fraction of sp³-hybridized carbons (Fsp3) is 0. The first-order chi connectivity index (χ1) is 8.58. The van der Waals surface area contributed by atoms with Crippen LogP contribution in [0.5, 0.6) is 0 Å². The molecule has 1 N–H and O–H groups in total. The van der Waals surface area contributed by atoms with E-state index in [0.717, 1.165) is 6.07 Å². The van der Waals surface area contributed by atoms with Crippen LogP contribution < -0.4 is 5.32 Å². The van der Waals surface area contributed by atoms with Crippen LogP contribution in [0.1, 0.15) is 5.56 Å². The molecule has 0 heterocycles. The van der Waals surface area contributed by atoms with Gasteiger partial charge in [0.15, 0.2) is 0 Å². The lowest BCUT2D eigenvalue weighted by molar-refractivity contribution is 0.621. The maximum atomic E-state index is 13.2. The molecule has 18 heavy (non-hydrogen) atoms. The first-order valence-electron chi connectivity index (χ1n) is 5.01. The van der Waals surface area contributed by atoms with Gasteiger partial charge in [0.2, 0.25) is 0 Å². The van der Waals surface area contributed by atoms with E-state index >= 15 is 0 Å². The minimum absolute atomic E-state index is 0.221. The van der Waals surface area contributed by atoms with Gasteiger partial charge in [0.25, 0.3) is 0 Å². The van der Waals surface area contributed by atoms with Gasteiger partial charge in [-0.15, -0.1) is 0 Å². The Bertz CT molecular complexity index is 635. The lowest BCUT2D eigenvalue weighted by Gasteiger charge is -2.07. The van der Waals surface area contributed by atoms with Crippen molar-refractivity contribution in [2.24, 2.45) is 0 Å². The molecule has 90 valence electrons. The number of nitrogens with zero attached hydrogens (tertiary/aromatic N) is 1.